The Balaban J connectivity index is 1.38. The summed E-state index contributed by atoms with van der Waals surface area (Å²) in [5, 5.41) is 18.3. The van der Waals surface area contributed by atoms with Crippen LogP contribution in [0.3, 0.4) is 0 Å². The van der Waals surface area contributed by atoms with Gasteiger partial charge in [-0.15, -0.1) is 10.2 Å². The number of aromatic nitrogens is 3. The van der Waals surface area contributed by atoms with Crippen LogP contribution in [0, 0.1) is 0 Å². The average molecular weight is 553 g/mol. The van der Waals surface area contributed by atoms with Crippen LogP contribution in [0.25, 0.3) is 0 Å². The molecule has 0 bridgehead atoms. The standard InChI is InChI=1S/C27H28N4O5S2/c1-31-18-28-29-27(31)37-17-23-15-25(20-12-10-19(16-32)11-13-20)36-26(35-23)21-6-5-7-22(14-21)30-38(33,34)24-8-3-2-4-9-24/h2-14,18,23,25-26,30,32H,15-17H2,1H3/t23-,25+,26+/m0/s1. The number of sulfonamides is 1. The molecule has 0 radical (unpaired) electrons. The zero-order valence-electron chi connectivity index (χ0n) is 20.7. The number of anilines is 1. The van der Waals surface area contributed by atoms with Crippen LogP contribution < -0.4 is 4.72 Å². The largest absolute Gasteiger partial charge is 0.392 e. The summed E-state index contributed by atoms with van der Waals surface area (Å²) in [5.41, 5.74) is 2.91. The maximum absolute atomic E-state index is 12.8. The van der Waals surface area contributed by atoms with Crippen molar-refractivity contribution in [3.05, 3.63) is 102 Å². The third-order valence-electron chi connectivity index (χ3n) is 6.15. The fourth-order valence-electron chi connectivity index (χ4n) is 4.16. The molecule has 4 aromatic rings. The minimum absolute atomic E-state index is 0.0276. The molecular weight excluding hydrogens is 524 g/mol. The van der Waals surface area contributed by atoms with E-state index < -0.39 is 16.3 Å². The fraction of sp³-hybridized carbons (Fsp3) is 0.259. The lowest BCUT2D eigenvalue weighted by Crippen LogP contribution is -2.31. The molecule has 0 amide bonds. The van der Waals surface area contributed by atoms with Crippen LogP contribution in [0.2, 0.25) is 0 Å². The highest BCUT2D eigenvalue weighted by atomic mass is 32.2. The van der Waals surface area contributed by atoms with Crippen molar-refractivity contribution in [1.82, 2.24) is 14.8 Å². The van der Waals surface area contributed by atoms with Gasteiger partial charge in [0.15, 0.2) is 11.4 Å². The van der Waals surface area contributed by atoms with Crippen molar-refractivity contribution in [2.75, 3.05) is 10.5 Å². The third kappa shape index (κ3) is 6.25. The Labute approximate surface area is 225 Å². The molecule has 2 N–H and O–H groups in total. The lowest BCUT2D eigenvalue weighted by molar-refractivity contribution is -0.245. The van der Waals surface area contributed by atoms with Gasteiger partial charge in [-0.25, -0.2) is 8.42 Å². The lowest BCUT2D eigenvalue weighted by atomic mass is 10.0. The predicted octanol–water partition coefficient (Wildman–Crippen LogP) is 4.45. The highest BCUT2D eigenvalue weighted by Gasteiger charge is 2.32. The van der Waals surface area contributed by atoms with E-state index >= 15 is 0 Å². The molecule has 0 saturated carbocycles. The molecule has 3 atom stereocenters. The number of nitrogens with zero attached hydrogens (tertiary/aromatic N) is 3. The van der Waals surface area contributed by atoms with Crippen LogP contribution >= 0.6 is 11.8 Å². The van der Waals surface area contributed by atoms with Crippen molar-refractivity contribution in [2.45, 2.75) is 41.6 Å². The highest BCUT2D eigenvalue weighted by Crippen LogP contribution is 2.39. The van der Waals surface area contributed by atoms with E-state index in [4.69, 9.17) is 9.47 Å². The molecule has 1 aromatic heterocycles. The quantitative estimate of drug-likeness (QED) is 0.293. The first-order valence-corrected chi connectivity index (χ1v) is 14.5. The van der Waals surface area contributed by atoms with Crippen molar-refractivity contribution in [3.63, 3.8) is 0 Å². The van der Waals surface area contributed by atoms with Gasteiger partial charge in [0.1, 0.15) is 6.33 Å². The molecule has 5 rings (SSSR count). The topological polar surface area (TPSA) is 116 Å². The number of benzene rings is 3. The number of hydrogen-bond acceptors (Lipinski definition) is 8. The maximum Gasteiger partial charge on any atom is 0.261 e. The molecule has 198 valence electrons. The first-order chi connectivity index (χ1) is 18.4. The van der Waals surface area contributed by atoms with Crippen molar-refractivity contribution in [1.29, 1.82) is 0 Å². The zero-order chi connectivity index (χ0) is 26.5. The lowest BCUT2D eigenvalue weighted by Gasteiger charge is -2.36. The molecule has 0 aliphatic carbocycles. The molecule has 0 unspecified atom stereocenters. The number of ether oxygens (including phenoxy) is 2. The van der Waals surface area contributed by atoms with Gasteiger partial charge in [0.25, 0.3) is 10.0 Å². The molecule has 3 aromatic carbocycles. The molecule has 0 spiro atoms. The average Bonchev–Trinajstić information content (AvgIpc) is 3.36. The minimum Gasteiger partial charge on any atom is -0.392 e. The van der Waals surface area contributed by atoms with Crippen LogP contribution in [0.5, 0.6) is 0 Å². The second-order valence-corrected chi connectivity index (χ2v) is 11.6. The summed E-state index contributed by atoms with van der Waals surface area (Å²) in [6.07, 6.45) is 1.15. The second kappa shape index (κ2) is 11.7. The molecule has 38 heavy (non-hydrogen) atoms. The van der Waals surface area contributed by atoms with Crippen LogP contribution in [0.4, 0.5) is 5.69 Å². The second-order valence-electron chi connectivity index (χ2n) is 8.93. The van der Waals surface area contributed by atoms with E-state index in [0.717, 1.165) is 16.3 Å². The van der Waals surface area contributed by atoms with Gasteiger partial charge in [-0.1, -0.05) is 66.4 Å². The van der Waals surface area contributed by atoms with Crippen LogP contribution in [-0.2, 0) is 33.2 Å². The molecule has 1 saturated heterocycles. The van der Waals surface area contributed by atoms with E-state index in [1.807, 2.05) is 41.9 Å². The number of aliphatic hydroxyl groups is 1. The van der Waals surface area contributed by atoms with Gasteiger partial charge >= 0.3 is 0 Å². The van der Waals surface area contributed by atoms with Gasteiger partial charge < -0.3 is 19.1 Å². The SMILES string of the molecule is Cn1cnnc1SC[C@@H]1C[C@H](c2ccc(CO)cc2)O[C@H](c2cccc(NS(=O)(=O)c3ccccc3)c2)O1. The Bertz CT molecular complexity index is 1460. The molecule has 9 nitrogen and oxygen atoms in total. The van der Waals surface area contributed by atoms with Crippen molar-refractivity contribution in [3.8, 4) is 0 Å². The summed E-state index contributed by atoms with van der Waals surface area (Å²) in [4.78, 5) is 0.183. The number of thioether (sulfide) groups is 1. The van der Waals surface area contributed by atoms with Gasteiger partial charge in [0, 0.05) is 30.5 Å². The van der Waals surface area contributed by atoms with E-state index in [1.54, 1.807) is 66.6 Å². The number of rotatable bonds is 9. The normalized spacial score (nSPS) is 19.8. The predicted molar refractivity (Wildman–Crippen MR) is 144 cm³/mol. The molecular formula is C27H28N4O5S2. The summed E-state index contributed by atoms with van der Waals surface area (Å²) in [6.45, 7) is -0.0276. The van der Waals surface area contributed by atoms with Crippen LogP contribution in [-0.4, -0.2) is 40.1 Å². The smallest absolute Gasteiger partial charge is 0.261 e. The number of aliphatic hydroxyl groups excluding tert-OH is 1. The molecule has 2 heterocycles. The summed E-state index contributed by atoms with van der Waals surface area (Å²) in [7, 11) is -1.85. The van der Waals surface area contributed by atoms with Crippen molar-refractivity contribution < 1.29 is 23.0 Å². The third-order valence-corrected chi connectivity index (χ3v) is 8.71. The van der Waals surface area contributed by atoms with Crippen molar-refractivity contribution >= 4 is 27.5 Å². The Morgan fingerprint density at radius 3 is 2.53 bits per heavy atom. The first kappa shape index (κ1) is 26.4. The van der Waals surface area contributed by atoms with E-state index in [1.165, 1.54) is 0 Å². The van der Waals surface area contributed by atoms with Gasteiger partial charge in [-0.2, -0.15) is 0 Å². The molecule has 1 aliphatic rings. The maximum atomic E-state index is 12.8. The van der Waals surface area contributed by atoms with E-state index in [9.17, 15) is 13.5 Å². The van der Waals surface area contributed by atoms with E-state index in [-0.39, 0.29) is 23.7 Å². The van der Waals surface area contributed by atoms with Crippen molar-refractivity contribution in [2.24, 2.45) is 7.05 Å². The number of hydrogen-bond donors (Lipinski definition) is 2. The van der Waals surface area contributed by atoms with E-state index in [2.05, 4.69) is 14.9 Å². The Kier molecular flexibility index (Phi) is 8.10. The zero-order valence-corrected chi connectivity index (χ0v) is 22.3. The Morgan fingerprint density at radius 2 is 1.82 bits per heavy atom. The Morgan fingerprint density at radius 1 is 1.03 bits per heavy atom. The van der Waals surface area contributed by atoms with Gasteiger partial charge in [0.2, 0.25) is 0 Å². The van der Waals surface area contributed by atoms with Gasteiger partial charge in [-0.3, -0.25) is 4.72 Å². The summed E-state index contributed by atoms with van der Waals surface area (Å²) in [6, 6.07) is 22.9. The monoisotopic (exact) mass is 552 g/mol. The van der Waals surface area contributed by atoms with Gasteiger partial charge in [-0.05, 0) is 35.4 Å². The summed E-state index contributed by atoms with van der Waals surface area (Å²) < 4.78 is 42.9. The number of nitrogens with one attached hydrogen (secondary N) is 1. The summed E-state index contributed by atoms with van der Waals surface area (Å²) >= 11 is 1.55. The Hall–Kier alpha value is -3.22. The minimum atomic E-state index is -3.74. The highest BCUT2D eigenvalue weighted by molar-refractivity contribution is 7.99. The number of aryl methyl sites for hydroxylation is 1. The van der Waals surface area contributed by atoms with E-state index in [0.29, 0.717) is 23.4 Å². The molecule has 1 aliphatic heterocycles. The fourth-order valence-corrected chi connectivity index (χ4v) is 6.13. The molecule has 11 heteroatoms. The van der Waals surface area contributed by atoms with Crippen LogP contribution in [0.15, 0.2) is 95.2 Å². The first-order valence-electron chi connectivity index (χ1n) is 12.1. The van der Waals surface area contributed by atoms with Gasteiger partial charge in [0.05, 0.1) is 23.7 Å². The molecule has 1 fully saturated rings. The summed E-state index contributed by atoms with van der Waals surface area (Å²) in [5.74, 6) is 0.637. The van der Waals surface area contributed by atoms with Crippen LogP contribution in [0.1, 0.15) is 35.5 Å².